The van der Waals surface area contributed by atoms with Gasteiger partial charge in [-0.2, -0.15) is 0 Å². The topological polar surface area (TPSA) is 105 Å². The molecule has 2 N–H and O–H groups in total. The van der Waals surface area contributed by atoms with E-state index in [0.717, 1.165) is 5.56 Å². The normalized spacial score (nSPS) is 10.0. The van der Waals surface area contributed by atoms with Gasteiger partial charge < -0.3 is 15.5 Å². The number of nitrogens with one attached hydrogen (secondary N) is 2. The van der Waals surface area contributed by atoms with Crippen LogP contribution in [0.5, 0.6) is 0 Å². The number of aryl methyl sites for hydroxylation is 1. The molecule has 0 fully saturated rings. The van der Waals surface area contributed by atoms with Gasteiger partial charge in [-0.05, 0) is 42.8 Å². The van der Waals surface area contributed by atoms with Gasteiger partial charge >= 0.3 is 6.03 Å². The first-order valence-corrected chi connectivity index (χ1v) is 7.45. The molecule has 0 bridgehead atoms. The Bertz CT molecular complexity index is 818. The Labute approximate surface area is 144 Å². The molecule has 2 aromatic carbocycles. The highest BCUT2D eigenvalue weighted by molar-refractivity contribution is 6.01. The maximum Gasteiger partial charge on any atom is 0.323 e. The molecular weight excluding hydrogens is 324 g/mol. The fourth-order valence-electron chi connectivity index (χ4n) is 2.13. The molecule has 0 unspecified atom stereocenters. The van der Waals surface area contributed by atoms with Gasteiger partial charge in [0.05, 0.1) is 4.92 Å². The predicted molar refractivity (Wildman–Crippen MR) is 96.0 cm³/mol. The Hall–Kier alpha value is -3.42. The smallest absolute Gasteiger partial charge is 0.316 e. The van der Waals surface area contributed by atoms with Crippen molar-refractivity contribution in [1.29, 1.82) is 0 Å². The number of benzene rings is 2. The van der Waals surface area contributed by atoms with Gasteiger partial charge in [0, 0.05) is 31.4 Å². The number of anilines is 3. The van der Waals surface area contributed by atoms with Gasteiger partial charge in [-0.25, -0.2) is 4.79 Å². The fourth-order valence-corrected chi connectivity index (χ4v) is 2.13. The summed E-state index contributed by atoms with van der Waals surface area (Å²) < 4.78 is 0. The third kappa shape index (κ3) is 4.54. The SMILES string of the molecule is CC(=O)N(C)c1ccc(NC(=O)Nc2ccc(C)cc2[N+](=O)[O-])cc1. The molecule has 0 saturated carbocycles. The summed E-state index contributed by atoms with van der Waals surface area (Å²) in [4.78, 5) is 35.4. The summed E-state index contributed by atoms with van der Waals surface area (Å²) in [6.45, 7) is 3.19. The molecule has 25 heavy (non-hydrogen) atoms. The summed E-state index contributed by atoms with van der Waals surface area (Å²) in [6, 6.07) is 10.6. The van der Waals surface area contributed by atoms with E-state index in [9.17, 15) is 19.7 Å². The van der Waals surface area contributed by atoms with Crippen molar-refractivity contribution in [2.45, 2.75) is 13.8 Å². The van der Waals surface area contributed by atoms with E-state index in [2.05, 4.69) is 10.6 Å². The quantitative estimate of drug-likeness (QED) is 0.655. The van der Waals surface area contributed by atoms with Crippen LogP contribution in [0, 0.1) is 17.0 Å². The van der Waals surface area contributed by atoms with Crippen molar-refractivity contribution in [2.75, 3.05) is 22.6 Å². The Morgan fingerprint density at radius 3 is 2.28 bits per heavy atom. The highest BCUT2D eigenvalue weighted by Gasteiger charge is 2.16. The second-order valence-corrected chi connectivity index (χ2v) is 5.48. The lowest BCUT2D eigenvalue weighted by atomic mass is 10.2. The van der Waals surface area contributed by atoms with Crippen LogP contribution in [0.25, 0.3) is 0 Å². The fraction of sp³-hybridized carbons (Fsp3) is 0.176. The van der Waals surface area contributed by atoms with Crippen molar-refractivity contribution in [3.63, 3.8) is 0 Å². The number of nitro benzene ring substituents is 1. The van der Waals surface area contributed by atoms with Crippen molar-refractivity contribution in [2.24, 2.45) is 0 Å². The Morgan fingerprint density at radius 2 is 1.72 bits per heavy atom. The maximum absolute atomic E-state index is 12.1. The van der Waals surface area contributed by atoms with Crippen LogP contribution in [0.1, 0.15) is 12.5 Å². The van der Waals surface area contributed by atoms with Crippen LogP contribution in [0.2, 0.25) is 0 Å². The van der Waals surface area contributed by atoms with Crippen molar-refractivity contribution < 1.29 is 14.5 Å². The van der Waals surface area contributed by atoms with E-state index >= 15 is 0 Å². The Morgan fingerprint density at radius 1 is 1.08 bits per heavy atom. The largest absolute Gasteiger partial charge is 0.323 e. The first-order chi connectivity index (χ1) is 11.8. The lowest BCUT2D eigenvalue weighted by Gasteiger charge is -2.15. The highest BCUT2D eigenvalue weighted by atomic mass is 16.6. The molecule has 0 aromatic heterocycles. The number of nitrogens with zero attached hydrogens (tertiary/aromatic N) is 2. The number of amides is 3. The first-order valence-electron chi connectivity index (χ1n) is 7.45. The van der Waals surface area contributed by atoms with Gasteiger partial charge in [0.25, 0.3) is 5.69 Å². The number of urea groups is 1. The van der Waals surface area contributed by atoms with Gasteiger partial charge in [0.2, 0.25) is 5.91 Å². The van der Waals surface area contributed by atoms with Crippen molar-refractivity contribution in [3.05, 3.63) is 58.1 Å². The number of carbonyl (C=O) groups is 2. The zero-order chi connectivity index (χ0) is 18.6. The molecule has 0 saturated heterocycles. The second kappa shape index (κ2) is 7.43. The zero-order valence-electron chi connectivity index (χ0n) is 14.1. The lowest BCUT2D eigenvalue weighted by Crippen LogP contribution is -2.23. The molecule has 2 rings (SSSR count). The van der Waals surface area contributed by atoms with E-state index in [0.29, 0.717) is 11.4 Å². The van der Waals surface area contributed by atoms with Gasteiger partial charge in [-0.15, -0.1) is 0 Å². The van der Waals surface area contributed by atoms with E-state index < -0.39 is 11.0 Å². The number of nitro groups is 1. The average molecular weight is 342 g/mol. The van der Waals surface area contributed by atoms with Gasteiger partial charge in [0.1, 0.15) is 5.69 Å². The molecule has 0 aliphatic carbocycles. The van der Waals surface area contributed by atoms with Crippen LogP contribution in [0.4, 0.5) is 27.5 Å². The molecule has 8 nitrogen and oxygen atoms in total. The molecule has 0 aliphatic rings. The monoisotopic (exact) mass is 342 g/mol. The summed E-state index contributed by atoms with van der Waals surface area (Å²) in [7, 11) is 1.65. The minimum atomic E-state index is -0.598. The van der Waals surface area contributed by atoms with Crippen LogP contribution in [0.15, 0.2) is 42.5 Å². The Balaban J connectivity index is 2.08. The van der Waals surface area contributed by atoms with Gasteiger partial charge in [0.15, 0.2) is 0 Å². The van der Waals surface area contributed by atoms with Crippen LogP contribution < -0.4 is 15.5 Å². The molecule has 8 heteroatoms. The van der Waals surface area contributed by atoms with Crippen LogP contribution in [0.3, 0.4) is 0 Å². The molecule has 0 radical (unpaired) electrons. The van der Waals surface area contributed by atoms with Gasteiger partial charge in [-0.1, -0.05) is 6.07 Å². The second-order valence-electron chi connectivity index (χ2n) is 5.48. The molecule has 2 aromatic rings. The molecule has 130 valence electrons. The molecule has 0 heterocycles. The lowest BCUT2D eigenvalue weighted by molar-refractivity contribution is -0.384. The van der Waals surface area contributed by atoms with Crippen LogP contribution in [-0.2, 0) is 4.79 Å². The van der Waals surface area contributed by atoms with Crippen LogP contribution in [-0.4, -0.2) is 23.9 Å². The minimum Gasteiger partial charge on any atom is -0.316 e. The van der Waals surface area contributed by atoms with E-state index in [1.54, 1.807) is 44.3 Å². The van der Waals surface area contributed by atoms with Crippen molar-refractivity contribution in [3.8, 4) is 0 Å². The zero-order valence-corrected chi connectivity index (χ0v) is 14.1. The number of carbonyl (C=O) groups excluding carboxylic acids is 2. The van der Waals surface area contributed by atoms with Crippen molar-refractivity contribution in [1.82, 2.24) is 0 Å². The van der Waals surface area contributed by atoms with E-state index in [-0.39, 0.29) is 17.3 Å². The highest BCUT2D eigenvalue weighted by Crippen LogP contribution is 2.25. The number of rotatable bonds is 4. The van der Waals surface area contributed by atoms with E-state index in [4.69, 9.17) is 0 Å². The molecule has 0 aliphatic heterocycles. The number of hydrogen-bond acceptors (Lipinski definition) is 4. The minimum absolute atomic E-state index is 0.106. The predicted octanol–water partition coefficient (Wildman–Crippen LogP) is 3.53. The number of hydrogen-bond donors (Lipinski definition) is 2. The Kier molecular flexibility index (Phi) is 5.33. The molecule has 0 atom stereocenters. The molecular formula is C17H18N4O4. The molecule has 0 spiro atoms. The summed E-state index contributed by atoms with van der Waals surface area (Å²) in [5, 5.41) is 16.1. The summed E-state index contributed by atoms with van der Waals surface area (Å²) in [5.74, 6) is -0.106. The third-order valence-corrected chi connectivity index (χ3v) is 3.58. The summed E-state index contributed by atoms with van der Waals surface area (Å²) >= 11 is 0. The molecule has 3 amide bonds. The summed E-state index contributed by atoms with van der Waals surface area (Å²) in [6.07, 6.45) is 0. The van der Waals surface area contributed by atoms with E-state index in [1.165, 1.54) is 24.0 Å². The standard InChI is InChI=1S/C17H18N4O4/c1-11-4-9-15(16(10-11)21(24)25)19-17(23)18-13-5-7-14(8-6-13)20(3)12(2)22/h4-10H,1-3H3,(H2,18,19,23). The van der Waals surface area contributed by atoms with Crippen LogP contribution >= 0.6 is 0 Å². The first kappa shape index (κ1) is 17.9. The third-order valence-electron chi connectivity index (χ3n) is 3.58. The summed E-state index contributed by atoms with van der Waals surface area (Å²) in [5.41, 5.74) is 1.85. The average Bonchev–Trinajstić information content (AvgIpc) is 2.56. The van der Waals surface area contributed by atoms with Gasteiger partial charge in [-0.3, -0.25) is 14.9 Å². The van der Waals surface area contributed by atoms with Crippen molar-refractivity contribution >= 4 is 34.7 Å². The maximum atomic E-state index is 12.1. The van der Waals surface area contributed by atoms with E-state index in [1.807, 2.05) is 0 Å².